The molecule has 0 aromatic carbocycles. The summed E-state index contributed by atoms with van der Waals surface area (Å²) in [4.78, 5) is 0. The minimum Gasteiger partial charge on any atom is -0.361 e. The molecule has 0 radical (unpaired) electrons. The topological polar surface area (TPSA) is 38.1 Å². The van der Waals surface area contributed by atoms with E-state index in [4.69, 9.17) is 4.52 Å². The quantitative estimate of drug-likeness (QED) is 0.766. The molecule has 1 aromatic heterocycles. The molecule has 3 rings (SSSR count). The second-order valence-electron chi connectivity index (χ2n) is 5.04. The van der Waals surface area contributed by atoms with Crippen LogP contribution in [0, 0.1) is 13.8 Å². The van der Waals surface area contributed by atoms with E-state index in [0.717, 1.165) is 23.5 Å². The van der Waals surface area contributed by atoms with E-state index < -0.39 is 0 Å². The highest BCUT2D eigenvalue weighted by Gasteiger charge is 2.36. The Hall–Kier alpha value is -0.830. The summed E-state index contributed by atoms with van der Waals surface area (Å²) in [6.45, 7) is 4.11. The first kappa shape index (κ1) is 9.40. The van der Waals surface area contributed by atoms with Gasteiger partial charge in [-0.3, -0.25) is 0 Å². The third-order valence-corrected chi connectivity index (χ3v) is 3.97. The first-order valence-electron chi connectivity index (χ1n) is 5.93. The molecule has 1 N–H and O–H groups in total. The van der Waals surface area contributed by atoms with E-state index in [0.29, 0.717) is 5.92 Å². The summed E-state index contributed by atoms with van der Waals surface area (Å²) in [5, 5.41) is 7.74. The summed E-state index contributed by atoms with van der Waals surface area (Å²) in [6, 6.07) is 1.48. The van der Waals surface area contributed by atoms with Crippen LogP contribution in [0.1, 0.15) is 48.6 Å². The first-order valence-corrected chi connectivity index (χ1v) is 5.93. The smallest absolute Gasteiger partial charge is 0.137 e. The van der Waals surface area contributed by atoms with Crippen LogP contribution >= 0.6 is 0 Å². The number of nitrogens with one attached hydrogen (secondary N) is 1. The molecule has 3 heteroatoms. The molecule has 15 heavy (non-hydrogen) atoms. The van der Waals surface area contributed by atoms with Gasteiger partial charge in [-0.25, -0.2) is 0 Å². The van der Waals surface area contributed by atoms with Crippen LogP contribution in [-0.4, -0.2) is 17.2 Å². The van der Waals surface area contributed by atoms with Gasteiger partial charge < -0.3 is 9.84 Å². The second kappa shape index (κ2) is 3.34. The molecule has 2 saturated heterocycles. The van der Waals surface area contributed by atoms with Crippen LogP contribution in [0.25, 0.3) is 0 Å². The van der Waals surface area contributed by atoms with Crippen LogP contribution in [0.5, 0.6) is 0 Å². The monoisotopic (exact) mass is 206 g/mol. The van der Waals surface area contributed by atoms with Crippen LogP contribution < -0.4 is 5.32 Å². The maximum Gasteiger partial charge on any atom is 0.137 e. The molecular weight excluding hydrogens is 188 g/mol. The van der Waals surface area contributed by atoms with Gasteiger partial charge >= 0.3 is 0 Å². The van der Waals surface area contributed by atoms with E-state index in [9.17, 15) is 0 Å². The van der Waals surface area contributed by atoms with Gasteiger partial charge in [0.05, 0.1) is 5.69 Å². The zero-order valence-electron chi connectivity index (χ0n) is 9.42. The summed E-state index contributed by atoms with van der Waals surface area (Å²) in [7, 11) is 0. The lowest BCUT2D eigenvalue weighted by atomic mass is 9.85. The predicted octanol–water partition coefficient (Wildman–Crippen LogP) is 2.29. The standard InChI is InChI=1S/C12H18N2O/c1-7-12(8(2)15-14-7)9-5-10-3-4-11(6-9)13-10/h9-11,13H,3-6H2,1-2H3/t9-,10+,11-. The van der Waals surface area contributed by atoms with Crippen molar-refractivity contribution in [1.29, 1.82) is 0 Å². The van der Waals surface area contributed by atoms with Crippen LogP contribution in [0.3, 0.4) is 0 Å². The average Bonchev–Trinajstić information content (AvgIpc) is 2.71. The van der Waals surface area contributed by atoms with Crippen molar-refractivity contribution in [2.45, 2.75) is 57.5 Å². The van der Waals surface area contributed by atoms with E-state index in [-0.39, 0.29) is 0 Å². The fourth-order valence-electron chi connectivity index (χ4n) is 3.37. The number of hydrogen-bond donors (Lipinski definition) is 1. The van der Waals surface area contributed by atoms with Crippen LogP contribution in [0.2, 0.25) is 0 Å². The third kappa shape index (κ3) is 1.49. The van der Waals surface area contributed by atoms with Gasteiger partial charge in [0.2, 0.25) is 0 Å². The van der Waals surface area contributed by atoms with Gasteiger partial charge in [0, 0.05) is 17.6 Å². The Balaban J connectivity index is 1.89. The van der Waals surface area contributed by atoms with Gasteiger partial charge in [0.1, 0.15) is 5.76 Å². The Labute approximate surface area is 90.2 Å². The molecule has 3 atom stereocenters. The lowest BCUT2D eigenvalue weighted by molar-refractivity contribution is 0.355. The van der Waals surface area contributed by atoms with Crippen LogP contribution in [0.4, 0.5) is 0 Å². The minimum absolute atomic E-state index is 0.676. The lowest BCUT2D eigenvalue weighted by Gasteiger charge is -2.29. The fourth-order valence-corrected chi connectivity index (χ4v) is 3.37. The Bertz CT molecular complexity index is 340. The zero-order valence-corrected chi connectivity index (χ0v) is 9.42. The molecule has 2 aliphatic heterocycles. The molecule has 0 unspecified atom stereocenters. The highest BCUT2D eigenvalue weighted by atomic mass is 16.5. The number of rotatable bonds is 1. The first-order chi connectivity index (χ1) is 7.24. The second-order valence-corrected chi connectivity index (χ2v) is 5.04. The van der Waals surface area contributed by atoms with Crippen molar-refractivity contribution in [2.75, 3.05) is 0 Å². The van der Waals surface area contributed by atoms with Crippen molar-refractivity contribution in [3.63, 3.8) is 0 Å². The highest BCUT2D eigenvalue weighted by molar-refractivity contribution is 5.27. The summed E-state index contributed by atoms with van der Waals surface area (Å²) in [6.07, 6.45) is 5.23. The van der Waals surface area contributed by atoms with Crippen molar-refractivity contribution >= 4 is 0 Å². The van der Waals surface area contributed by atoms with E-state index >= 15 is 0 Å². The van der Waals surface area contributed by atoms with E-state index in [2.05, 4.69) is 17.4 Å². The Morgan fingerprint density at radius 3 is 2.40 bits per heavy atom. The van der Waals surface area contributed by atoms with Crippen molar-refractivity contribution in [3.8, 4) is 0 Å². The molecule has 1 aromatic rings. The number of hydrogen-bond acceptors (Lipinski definition) is 3. The number of nitrogens with zero attached hydrogens (tertiary/aromatic N) is 1. The number of piperidine rings is 1. The molecule has 0 aliphatic carbocycles. The molecule has 3 heterocycles. The fraction of sp³-hybridized carbons (Fsp3) is 0.750. The summed E-state index contributed by atoms with van der Waals surface area (Å²) in [5.74, 6) is 1.70. The Kier molecular flexibility index (Phi) is 2.09. The van der Waals surface area contributed by atoms with E-state index in [1.165, 1.54) is 31.2 Å². The maximum atomic E-state index is 5.27. The van der Waals surface area contributed by atoms with E-state index in [1.807, 2.05) is 6.92 Å². The van der Waals surface area contributed by atoms with Crippen molar-refractivity contribution in [1.82, 2.24) is 10.5 Å². The zero-order chi connectivity index (χ0) is 10.4. The van der Waals surface area contributed by atoms with Gasteiger partial charge in [0.25, 0.3) is 0 Å². The molecule has 2 aliphatic rings. The minimum atomic E-state index is 0.676. The Morgan fingerprint density at radius 2 is 1.87 bits per heavy atom. The molecule has 0 spiro atoms. The normalized spacial score (nSPS) is 34.7. The molecular formula is C12H18N2O. The van der Waals surface area contributed by atoms with Crippen LogP contribution in [0.15, 0.2) is 4.52 Å². The number of aromatic nitrogens is 1. The van der Waals surface area contributed by atoms with Gasteiger partial charge in [0.15, 0.2) is 0 Å². The molecule has 2 bridgehead atoms. The van der Waals surface area contributed by atoms with E-state index in [1.54, 1.807) is 0 Å². The van der Waals surface area contributed by atoms with Crippen molar-refractivity contribution < 1.29 is 4.52 Å². The molecule has 2 fully saturated rings. The predicted molar refractivity (Wildman–Crippen MR) is 57.9 cm³/mol. The third-order valence-electron chi connectivity index (χ3n) is 3.97. The summed E-state index contributed by atoms with van der Waals surface area (Å²) in [5.41, 5.74) is 2.48. The van der Waals surface area contributed by atoms with Gasteiger partial charge in [-0.05, 0) is 45.4 Å². The van der Waals surface area contributed by atoms with Crippen molar-refractivity contribution in [2.24, 2.45) is 0 Å². The number of aryl methyl sites for hydroxylation is 2. The van der Waals surface area contributed by atoms with Gasteiger partial charge in [-0.1, -0.05) is 5.16 Å². The molecule has 0 amide bonds. The summed E-state index contributed by atoms with van der Waals surface area (Å²) < 4.78 is 5.27. The molecule has 0 saturated carbocycles. The van der Waals surface area contributed by atoms with Gasteiger partial charge in [-0.2, -0.15) is 0 Å². The summed E-state index contributed by atoms with van der Waals surface area (Å²) >= 11 is 0. The lowest BCUT2D eigenvalue weighted by Crippen LogP contribution is -2.37. The highest BCUT2D eigenvalue weighted by Crippen LogP contribution is 2.39. The average molecular weight is 206 g/mol. The molecule has 3 nitrogen and oxygen atoms in total. The number of fused-ring (bicyclic) bond motifs is 2. The van der Waals surface area contributed by atoms with Gasteiger partial charge in [-0.15, -0.1) is 0 Å². The Morgan fingerprint density at radius 1 is 1.20 bits per heavy atom. The maximum absolute atomic E-state index is 5.27. The van der Waals surface area contributed by atoms with Crippen molar-refractivity contribution in [3.05, 3.63) is 17.0 Å². The largest absolute Gasteiger partial charge is 0.361 e. The molecule has 82 valence electrons. The van der Waals surface area contributed by atoms with Crippen LogP contribution in [-0.2, 0) is 0 Å². The SMILES string of the molecule is Cc1noc(C)c1[C@H]1C[C@H]2CC[C@@H](C1)N2.